The molecule has 6 heteroatoms. The molecule has 4 fully saturated rings. The number of alkyl halides is 1. The fourth-order valence-electron chi connectivity index (χ4n) is 5.71. The highest BCUT2D eigenvalue weighted by molar-refractivity contribution is 9.10. The summed E-state index contributed by atoms with van der Waals surface area (Å²) in [6, 6.07) is 5.28. The summed E-state index contributed by atoms with van der Waals surface area (Å²) in [6.07, 6.45) is 6.65. The summed E-state index contributed by atoms with van der Waals surface area (Å²) in [4.78, 5) is 27.0. The first kappa shape index (κ1) is 14.8. The number of benzene rings is 1. The number of hydrogen-bond donors (Lipinski definition) is 2. The maximum Gasteiger partial charge on any atom is 0.417 e. The van der Waals surface area contributed by atoms with Gasteiger partial charge in [-0.2, -0.15) is 0 Å². The number of rotatable bonds is 2. The number of nitrogens with one attached hydrogen (secondary N) is 2. The third-order valence-electron chi connectivity index (χ3n) is 6.15. The summed E-state index contributed by atoms with van der Waals surface area (Å²) in [5, 5.41) is 3.09. The topological polar surface area (TPSA) is 75.1 Å². The van der Waals surface area contributed by atoms with Crippen LogP contribution in [-0.2, 0) is 4.79 Å². The second-order valence-electron chi connectivity index (χ2n) is 8.07. The largest absolute Gasteiger partial charge is 0.417 e. The standard InChI is InChI=1S/C18H19BrN2O3/c19-18-7-10-3-11(8-18)6-17(5-10,9-18)15(22)20-12-1-2-14-13(4-12)21-16(23)24-14/h1-2,4,10-11H,3,5-9H2,(H,20,22)(H,21,23). The predicted molar refractivity (Wildman–Crippen MR) is 94.2 cm³/mol. The Hall–Kier alpha value is -1.56. The number of hydrogen-bond acceptors (Lipinski definition) is 3. The summed E-state index contributed by atoms with van der Waals surface area (Å²) in [7, 11) is 0. The van der Waals surface area contributed by atoms with Crippen LogP contribution in [0.4, 0.5) is 5.69 Å². The van der Waals surface area contributed by atoms with E-state index in [2.05, 4.69) is 26.2 Å². The predicted octanol–water partition coefficient (Wildman–Crippen LogP) is 3.79. The van der Waals surface area contributed by atoms with Gasteiger partial charge < -0.3 is 9.73 Å². The molecule has 2 atom stereocenters. The van der Waals surface area contributed by atoms with Gasteiger partial charge in [0.2, 0.25) is 5.91 Å². The summed E-state index contributed by atoms with van der Waals surface area (Å²) < 4.78 is 5.17. The van der Waals surface area contributed by atoms with Crippen molar-refractivity contribution in [2.24, 2.45) is 17.3 Å². The third-order valence-corrected chi connectivity index (χ3v) is 7.08. The Kier molecular flexibility index (Phi) is 2.92. The van der Waals surface area contributed by atoms with Crippen LogP contribution in [0.3, 0.4) is 0 Å². The quantitative estimate of drug-likeness (QED) is 0.765. The van der Waals surface area contributed by atoms with E-state index in [9.17, 15) is 9.59 Å². The van der Waals surface area contributed by atoms with Gasteiger partial charge in [0.05, 0.1) is 10.9 Å². The van der Waals surface area contributed by atoms with E-state index < -0.39 is 5.76 Å². The number of fused-ring (bicyclic) bond motifs is 1. The van der Waals surface area contributed by atoms with Gasteiger partial charge in [-0.1, -0.05) is 15.9 Å². The van der Waals surface area contributed by atoms with Gasteiger partial charge in [0.1, 0.15) is 0 Å². The van der Waals surface area contributed by atoms with Crippen molar-refractivity contribution >= 4 is 38.6 Å². The number of carbonyl (C=O) groups excluding carboxylic acids is 1. The van der Waals surface area contributed by atoms with Gasteiger partial charge in [-0.15, -0.1) is 0 Å². The van der Waals surface area contributed by atoms with Gasteiger partial charge in [-0.25, -0.2) is 4.79 Å². The van der Waals surface area contributed by atoms with Gasteiger partial charge in [0, 0.05) is 10.0 Å². The molecule has 4 aliphatic rings. The van der Waals surface area contributed by atoms with Crippen LogP contribution in [-0.4, -0.2) is 15.2 Å². The first-order valence-corrected chi connectivity index (χ1v) is 9.36. The molecule has 126 valence electrons. The molecule has 1 heterocycles. The van der Waals surface area contributed by atoms with E-state index in [-0.39, 0.29) is 15.6 Å². The van der Waals surface area contributed by atoms with Crippen molar-refractivity contribution in [3.63, 3.8) is 0 Å². The monoisotopic (exact) mass is 390 g/mol. The molecule has 2 aromatic rings. The molecular formula is C18H19BrN2O3. The van der Waals surface area contributed by atoms with E-state index in [1.807, 2.05) is 0 Å². The molecular weight excluding hydrogens is 372 g/mol. The van der Waals surface area contributed by atoms with Crippen LogP contribution in [0.2, 0.25) is 0 Å². The lowest BCUT2D eigenvalue weighted by molar-refractivity contribution is -0.138. The Balaban J connectivity index is 1.44. The molecule has 2 unspecified atom stereocenters. The number of oxazole rings is 1. The first-order chi connectivity index (χ1) is 11.4. The molecule has 2 N–H and O–H groups in total. The van der Waals surface area contributed by atoms with E-state index >= 15 is 0 Å². The van der Waals surface area contributed by atoms with E-state index in [0.717, 1.165) is 19.3 Å². The Labute approximate surface area is 147 Å². The SMILES string of the molecule is O=C(Nc1ccc2oc(=O)[nH]c2c1)C12CC3CC(CC(Br)(C3)C1)C2. The van der Waals surface area contributed by atoms with Crippen molar-refractivity contribution in [1.82, 2.24) is 4.98 Å². The molecule has 24 heavy (non-hydrogen) atoms. The van der Waals surface area contributed by atoms with Crippen LogP contribution < -0.4 is 11.1 Å². The number of carbonyl (C=O) groups is 1. The Morgan fingerprint density at radius 1 is 1.25 bits per heavy atom. The molecule has 4 saturated carbocycles. The van der Waals surface area contributed by atoms with Crippen LogP contribution in [0, 0.1) is 17.3 Å². The summed E-state index contributed by atoms with van der Waals surface area (Å²) in [5.74, 6) is 0.995. The Bertz CT molecular complexity index is 885. The first-order valence-electron chi connectivity index (χ1n) is 8.56. The third kappa shape index (κ3) is 2.19. The molecule has 4 aliphatic carbocycles. The van der Waals surface area contributed by atoms with Crippen molar-refractivity contribution in [3.05, 3.63) is 28.7 Å². The fourth-order valence-corrected chi connectivity index (χ4v) is 7.16. The molecule has 4 bridgehead atoms. The van der Waals surface area contributed by atoms with Gasteiger partial charge in [0.25, 0.3) is 0 Å². The number of anilines is 1. The maximum atomic E-state index is 13.1. The molecule has 0 spiro atoms. The van der Waals surface area contributed by atoms with Crippen molar-refractivity contribution in [2.45, 2.75) is 42.8 Å². The number of H-pyrrole nitrogens is 1. The second-order valence-corrected chi connectivity index (χ2v) is 9.75. The van der Waals surface area contributed by atoms with Crippen LogP contribution in [0.15, 0.2) is 27.4 Å². The highest BCUT2D eigenvalue weighted by atomic mass is 79.9. The minimum atomic E-state index is -0.476. The number of aromatic nitrogens is 1. The highest BCUT2D eigenvalue weighted by Gasteiger charge is 2.59. The van der Waals surface area contributed by atoms with Crippen LogP contribution in [0.25, 0.3) is 11.1 Å². The smallest absolute Gasteiger partial charge is 0.408 e. The summed E-state index contributed by atoms with van der Waals surface area (Å²) in [6.45, 7) is 0. The summed E-state index contributed by atoms with van der Waals surface area (Å²) in [5.41, 5.74) is 1.59. The van der Waals surface area contributed by atoms with Crippen LogP contribution in [0.5, 0.6) is 0 Å². The second kappa shape index (κ2) is 4.75. The lowest BCUT2D eigenvalue weighted by Gasteiger charge is -2.59. The van der Waals surface area contributed by atoms with Crippen LogP contribution >= 0.6 is 15.9 Å². The van der Waals surface area contributed by atoms with Crippen molar-refractivity contribution in [2.75, 3.05) is 5.32 Å². The average Bonchev–Trinajstić information content (AvgIpc) is 2.84. The number of aromatic amines is 1. The Morgan fingerprint density at radius 3 is 2.71 bits per heavy atom. The van der Waals surface area contributed by atoms with Gasteiger partial charge >= 0.3 is 5.76 Å². The number of halogens is 1. The Morgan fingerprint density at radius 2 is 2.00 bits per heavy atom. The molecule has 1 amide bonds. The van der Waals surface area contributed by atoms with E-state index in [1.54, 1.807) is 18.2 Å². The zero-order valence-electron chi connectivity index (χ0n) is 13.2. The van der Waals surface area contributed by atoms with E-state index in [1.165, 1.54) is 19.3 Å². The zero-order valence-corrected chi connectivity index (χ0v) is 14.8. The molecule has 1 aromatic heterocycles. The number of amides is 1. The minimum Gasteiger partial charge on any atom is -0.408 e. The van der Waals surface area contributed by atoms with Crippen LogP contribution in [0.1, 0.15) is 38.5 Å². The van der Waals surface area contributed by atoms with Gasteiger partial charge in [-0.05, 0) is 68.6 Å². The lowest BCUT2D eigenvalue weighted by atomic mass is 9.49. The molecule has 5 nitrogen and oxygen atoms in total. The maximum absolute atomic E-state index is 13.1. The summed E-state index contributed by atoms with van der Waals surface area (Å²) >= 11 is 3.95. The fraction of sp³-hybridized carbons (Fsp3) is 0.556. The van der Waals surface area contributed by atoms with Crippen molar-refractivity contribution in [1.29, 1.82) is 0 Å². The average molecular weight is 391 g/mol. The highest BCUT2D eigenvalue weighted by Crippen LogP contribution is 2.64. The van der Waals surface area contributed by atoms with Crippen molar-refractivity contribution < 1.29 is 9.21 Å². The van der Waals surface area contributed by atoms with E-state index in [4.69, 9.17) is 4.42 Å². The van der Waals surface area contributed by atoms with Gasteiger partial charge in [0.15, 0.2) is 5.58 Å². The molecule has 1 aromatic carbocycles. The normalized spacial score (nSPS) is 37.0. The molecule has 0 saturated heterocycles. The van der Waals surface area contributed by atoms with Crippen molar-refractivity contribution in [3.8, 4) is 0 Å². The van der Waals surface area contributed by atoms with E-state index in [0.29, 0.717) is 28.6 Å². The van der Waals surface area contributed by atoms with Gasteiger partial charge in [-0.3, -0.25) is 9.78 Å². The zero-order chi connectivity index (χ0) is 16.5. The molecule has 6 rings (SSSR count). The lowest BCUT2D eigenvalue weighted by Crippen LogP contribution is -2.57. The minimum absolute atomic E-state index is 0.130. The molecule has 0 aliphatic heterocycles. The molecule has 0 radical (unpaired) electrons.